The van der Waals surface area contributed by atoms with E-state index in [1.165, 1.54) is 22.1 Å². The number of nitrogens with zero attached hydrogens (tertiary/aromatic N) is 3. The second-order valence-electron chi connectivity index (χ2n) is 7.08. The Morgan fingerprint density at radius 2 is 2.12 bits per heavy atom. The highest BCUT2D eigenvalue weighted by Crippen LogP contribution is 2.43. The lowest BCUT2D eigenvalue weighted by Crippen LogP contribution is -2.39. The fourth-order valence-electron chi connectivity index (χ4n) is 4.29. The van der Waals surface area contributed by atoms with Crippen LogP contribution in [-0.2, 0) is 6.42 Å². The Labute approximate surface area is 162 Å². The van der Waals surface area contributed by atoms with Gasteiger partial charge in [-0.1, -0.05) is 22.0 Å². The number of fused-ring (bicyclic) bond motifs is 2. The quantitative estimate of drug-likeness (QED) is 0.819. The molecule has 0 radical (unpaired) electrons. The Balaban J connectivity index is 1.82. The van der Waals surface area contributed by atoms with Gasteiger partial charge in [-0.15, -0.1) is 0 Å². The number of hydrogen-bond acceptors (Lipinski definition) is 2. The number of aromatic nitrogens is 1. The lowest BCUT2D eigenvalue weighted by atomic mass is 9.82. The SMILES string of the molecule is CCN(CC)C(=O)Nn1cc2c3c(c(Br)ccc31)C1=CCCN(C)[C@@H]1C2. The van der Waals surface area contributed by atoms with Gasteiger partial charge in [-0.05, 0) is 57.0 Å². The summed E-state index contributed by atoms with van der Waals surface area (Å²) >= 11 is 3.77. The van der Waals surface area contributed by atoms with Gasteiger partial charge in [-0.25, -0.2) is 10.2 Å². The summed E-state index contributed by atoms with van der Waals surface area (Å²) in [7, 11) is 2.20. The molecule has 2 aliphatic rings. The predicted molar refractivity (Wildman–Crippen MR) is 110 cm³/mol. The molecule has 138 valence electrons. The van der Waals surface area contributed by atoms with Crippen LogP contribution in [0.3, 0.4) is 0 Å². The minimum atomic E-state index is -0.0593. The van der Waals surface area contributed by atoms with Gasteiger partial charge in [0.1, 0.15) is 0 Å². The van der Waals surface area contributed by atoms with E-state index in [0.29, 0.717) is 19.1 Å². The third-order valence-corrected chi connectivity index (χ3v) is 6.36. The lowest BCUT2D eigenvalue weighted by Gasteiger charge is -2.37. The molecule has 0 saturated carbocycles. The topological polar surface area (TPSA) is 40.5 Å². The van der Waals surface area contributed by atoms with E-state index in [0.717, 1.165) is 29.4 Å². The van der Waals surface area contributed by atoms with Crippen LogP contribution in [0.1, 0.15) is 31.4 Å². The second kappa shape index (κ2) is 6.74. The van der Waals surface area contributed by atoms with Crippen molar-refractivity contribution in [1.82, 2.24) is 14.5 Å². The van der Waals surface area contributed by atoms with Crippen molar-refractivity contribution in [2.45, 2.75) is 32.7 Å². The first-order valence-corrected chi connectivity index (χ1v) is 10.1. The number of nitrogens with one attached hydrogen (secondary N) is 1. The van der Waals surface area contributed by atoms with Crippen molar-refractivity contribution in [3.8, 4) is 0 Å². The van der Waals surface area contributed by atoms with E-state index < -0.39 is 0 Å². The minimum absolute atomic E-state index is 0.0593. The van der Waals surface area contributed by atoms with Gasteiger partial charge in [0.15, 0.2) is 0 Å². The van der Waals surface area contributed by atoms with Crippen molar-refractivity contribution >= 4 is 38.4 Å². The number of amides is 2. The van der Waals surface area contributed by atoms with Crippen LogP contribution in [-0.4, -0.2) is 53.2 Å². The van der Waals surface area contributed by atoms with Gasteiger partial charge in [0.2, 0.25) is 0 Å². The van der Waals surface area contributed by atoms with Crippen molar-refractivity contribution in [3.05, 3.63) is 40.0 Å². The summed E-state index contributed by atoms with van der Waals surface area (Å²) in [5.74, 6) is 0. The molecular formula is C20H25BrN4O. The second-order valence-corrected chi connectivity index (χ2v) is 7.93. The van der Waals surface area contributed by atoms with Crippen LogP contribution in [0.15, 0.2) is 28.9 Å². The number of likely N-dealkylation sites (N-methyl/N-ethyl adjacent to an activating group) is 1. The van der Waals surface area contributed by atoms with Gasteiger partial charge in [0.05, 0.1) is 5.52 Å². The van der Waals surface area contributed by atoms with Crippen LogP contribution >= 0.6 is 15.9 Å². The highest BCUT2D eigenvalue weighted by atomic mass is 79.9. The average Bonchev–Trinajstić information content (AvgIpc) is 2.97. The standard InChI is InChI=1S/C20H25BrN4O/c1-4-24(5-2)20(26)22-25-12-13-11-17-14(7-6-10-23(17)3)19-15(21)8-9-16(25)18(13)19/h7-9,12,17H,4-6,10-11H2,1-3H3,(H,22,26)/t17-/m1/s1. The van der Waals surface area contributed by atoms with Crippen LogP contribution < -0.4 is 5.43 Å². The normalized spacial score (nSPS) is 19.2. The molecule has 2 amide bonds. The maximum Gasteiger partial charge on any atom is 0.336 e. The van der Waals surface area contributed by atoms with Crippen molar-refractivity contribution in [3.63, 3.8) is 0 Å². The highest BCUT2D eigenvalue weighted by Gasteiger charge is 2.33. The first-order valence-electron chi connectivity index (χ1n) is 9.34. The molecule has 4 rings (SSSR count). The molecule has 1 aromatic carbocycles. The molecule has 5 nitrogen and oxygen atoms in total. The van der Waals surface area contributed by atoms with E-state index in [2.05, 4.69) is 57.7 Å². The zero-order valence-electron chi connectivity index (χ0n) is 15.6. The average molecular weight is 417 g/mol. The Morgan fingerprint density at radius 1 is 1.35 bits per heavy atom. The predicted octanol–water partition coefficient (Wildman–Crippen LogP) is 4.05. The minimum Gasteiger partial charge on any atom is -0.324 e. The van der Waals surface area contributed by atoms with Gasteiger partial charge in [0.25, 0.3) is 0 Å². The highest BCUT2D eigenvalue weighted by molar-refractivity contribution is 9.10. The van der Waals surface area contributed by atoms with Gasteiger partial charge < -0.3 is 4.90 Å². The van der Waals surface area contributed by atoms with E-state index in [1.54, 1.807) is 4.90 Å². The summed E-state index contributed by atoms with van der Waals surface area (Å²) in [6.07, 6.45) is 6.55. The molecular weight excluding hydrogens is 392 g/mol. The summed E-state index contributed by atoms with van der Waals surface area (Å²) in [5, 5.41) is 1.26. The van der Waals surface area contributed by atoms with E-state index in [1.807, 2.05) is 18.5 Å². The molecule has 1 N–H and O–H groups in total. The summed E-state index contributed by atoms with van der Waals surface area (Å²) < 4.78 is 3.03. The maximum atomic E-state index is 12.6. The van der Waals surface area contributed by atoms with Crippen molar-refractivity contribution in [2.75, 3.05) is 32.1 Å². The molecule has 1 atom stereocenters. The van der Waals surface area contributed by atoms with E-state index in [-0.39, 0.29) is 6.03 Å². The van der Waals surface area contributed by atoms with E-state index >= 15 is 0 Å². The summed E-state index contributed by atoms with van der Waals surface area (Å²) in [6, 6.07) is 4.53. The Kier molecular flexibility index (Phi) is 4.57. The fraction of sp³-hybridized carbons (Fsp3) is 0.450. The molecule has 1 aromatic heterocycles. The smallest absolute Gasteiger partial charge is 0.324 e. The van der Waals surface area contributed by atoms with E-state index in [9.17, 15) is 4.79 Å². The first-order chi connectivity index (χ1) is 12.5. The number of hydrogen-bond donors (Lipinski definition) is 1. The lowest BCUT2D eigenvalue weighted by molar-refractivity contribution is 0.214. The summed E-state index contributed by atoms with van der Waals surface area (Å²) in [4.78, 5) is 16.8. The van der Waals surface area contributed by atoms with Crippen LogP contribution in [0.2, 0.25) is 0 Å². The molecule has 2 aromatic rings. The Morgan fingerprint density at radius 3 is 2.85 bits per heavy atom. The van der Waals surface area contributed by atoms with Gasteiger partial charge in [-0.2, -0.15) is 0 Å². The van der Waals surface area contributed by atoms with Crippen molar-refractivity contribution in [1.29, 1.82) is 0 Å². The van der Waals surface area contributed by atoms with Crippen molar-refractivity contribution in [2.24, 2.45) is 0 Å². The Hall–Kier alpha value is -1.79. The molecule has 0 unspecified atom stereocenters. The maximum absolute atomic E-state index is 12.6. The number of carbonyl (C=O) groups excluding carboxylic acids is 1. The largest absolute Gasteiger partial charge is 0.336 e. The van der Waals surface area contributed by atoms with Crippen LogP contribution in [0, 0.1) is 0 Å². The Bertz CT molecular complexity index is 897. The van der Waals surface area contributed by atoms with Gasteiger partial charge >= 0.3 is 6.03 Å². The third kappa shape index (κ3) is 2.67. The molecule has 0 spiro atoms. The van der Waals surface area contributed by atoms with Crippen LogP contribution in [0.4, 0.5) is 4.79 Å². The van der Waals surface area contributed by atoms with Gasteiger partial charge in [0, 0.05) is 47.3 Å². The first kappa shape index (κ1) is 17.6. The van der Waals surface area contributed by atoms with Crippen LogP contribution in [0.25, 0.3) is 16.5 Å². The molecule has 6 heteroatoms. The zero-order chi connectivity index (χ0) is 18.4. The third-order valence-electron chi connectivity index (χ3n) is 5.70. The number of urea groups is 1. The summed E-state index contributed by atoms with van der Waals surface area (Å²) in [6.45, 7) is 6.49. The monoisotopic (exact) mass is 416 g/mol. The molecule has 0 bridgehead atoms. The molecule has 0 saturated heterocycles. The van der Waals surface area contributed by atoms with Crippen LogP contribution in [0.5, 0.6) is 0 Å². The number of carbonyl (C=O) groups is 1. The number of rotatable bonds is 3. The molecule has 1 aliphatic heterocycles. The number of benzene rings is 1. The zero-order valence-corrected chi connectivity index (χ0v) is 17.1. The number of halogens is 1. The molecule has 0 fully saturated rings. The fourth-order valence-corrected chi connectivity index (χ4v) is 4.85. The molecule has 2 heterocycles. The van der Waals surface area contributed by atoms with Crippen molar-refractivity contribution < 1.29 is 4.79 Å². The molecule has 26 heavy (non-hydrogen) atoms. The van der Waals surface area contributed by atoms with Gasteiger partial charge in [-0.3, -0.25) is 9.58 Å². The molecule has 1 aliphatic carbocycles. The van der Waals surface area contributed by atoms with E-state index in [4.69, 9.17) is 0 Å². The summed E-state index contributed by atoms with van der Waals surface area (Å²) in [5.41, 5.74) is 8.12.